The summed E-state index contributed by atoms with van der Waals surface area (Å²) in [5.41, 5.74) is 6.68. The summed E-state index contributed by atoms with van der Waals surface area (Å²) < 4.78 is 0. The van der Waals surface area contributed by atoms with E-state index in [1.165, 1.54) is 6.07 Å². The molecule has 0 amide bonds. The van der Waals surface area contributed by atoms with Crippen LogP contribution in [0.2, 0.25) is 0 Å². The van der Waals surface area contributed by atoms with Crippen LogP contribution in [0.3, 0.4) is 0 Å². The predicted octanol–water partition coefficient (Wildman–Crippen LogP) is 1.76. The number of alkyl halides is 1. The number of aromatic nitrogens is 1. The number of nitrogens with one attached hydrogen (secondary N) is 1. The molecule has 3 N–H and O–H groups in total. The molecule has 0 saturated carbocycles. The molecule has 2 aromatic rings. The second-order valence-corrected chi connectivity index (χ2v) is 3.57. The van der Waals surface area contributed by atoms with Crippen LogP contribution in [0.5, 0.6) is 0 Å². The molecular weight excluding hydrogens is 226 g/mol. The Morgan fingerprint density at radius 1 is 1.38 bits per heavy atom. The number of rotatable bonds is 2. The number of pyridine rings is 1. The third kappa shape index (κ3) is 2.06. The summed E-state index contributed by atoms with van der Waals surface area (Å²) in [5, 5.41) is 0.906. The number of aromatic amines is 1. The lowest BCUT2D eigenvalue weighted by Gasteiger charge is -2.02. The SMILES string of the molecule is NC(CCl)=Nc1cccc2ccc(=O)[nH]c12. The molecule has 1 aromatic heterocycles. The molecule has 2 rings (SSSR count). The number of aliphatic imine (C=N–C) groups is 1. The first kappa shape index (κ1) is 10.7. The van der Waals surface area contributed by atoms with E-state index in [1.807, 2.05) is 12.1 Å². The third-order valence-corrected chi connectivity index (χ3v) is 2.41. The van der Waals surface area contributed by atoms with E-state index in [2.05, 4.69) is 9.98 Å². The number of halogens is 1. The van der Waals surface area contributed by atoms with E-state index < -0.39 is 0 Å². The van der Waals surface area contributed by atoms with Gasteiger partial charge in [0.05, 0.1) is 17.1 Å². The molecule has 0 atom stereocenters. The highest BCUT2D eigenvalue weighted by atomic mass is 35.5. The van der Waals surface area contributed by atoms with E-state index in [-0.39, 0.29) is 11.4 Å². The lowest BCUT2D eigenvalue weighted by Crippen LogP contribution is -2.12. The van der Waals surface area contributed by atoms with Gasteiger partial charge in [0, 0.05) is 11.5 Å². The number of amidine groups is 1. The molecule has 16 heavy (non-hydrogen) atoms. The van der Waals surface area contributed by atoms with Gasteiger partial charge in [0.15, 0.2) is 0 Å². The highest BCUT2D eigenvalue weighted by Crippen LogP contribution is 2.22. The van der Waals surface area contributed by atoms with E-state index in [9.17, 15) is 4.79 Å². The third-order valence-electron chi connectivity index (χ3n) is 2.14. The van der Waals surface area contributed by atoms with Crippen molar-refractivity contribution in [1.29, 1.82) is 0 Å². The standard InChI is InChI=1S/C11H10ClN3O/c12-6-9(13)14-8-3-1-2-7-4-5-10(16)15-11(7)8/h1-5H,6H2,(H2,13,14)(H,15,16). The zero-order chi connectivity index (χ0) is 11.5. The summed E-state index contributed by atoms with van der Waals surface area (Å²) in [7, 11) is 0. The molecule has 0 aliphatic heterocycles. The summed E-state index contributed by atoms with van der Waals surface area (Å²) >= 11 is 5.56. The summed E-state index contributed by atoms with van der Waals surface area (Å²) in [6, 6.07) is 8.73. The van der Waals surface area contributed by atoms with E-state index in [0.29, 0.717) is 17.0 Å². The number of benzene rings is 1. The highest BCUT2D eigenvalue weighted by molar-refractivity contribution is 6.28. The van der Waals surface area contributed by atoms with Crippen LogP contribution >= 0.6 is 11.6 Å². The molecule has 0 aliphatic rings. The lowest BCUT2D eigenvalue weighted by atomic mass is 10.2. The number of nitrogens with two attached hydrogens (primary N) is 1. The van der Waals surface area contributed by atoms with Crippen LogP contribution in [0, 0.1) is 0 Å². The lowest BCUT2D eigenvalue weighted by molar-refractivity contribution is 1.30. The molecular formula is C11H10ClN3O. The predicted molar refractivity (Wildman–Crippen MR) is 66.6 cm³/mol. The Morgan fingerprint density at radius 3 is 2.94 bits per heavy atom. The van der Waals surface area contributed by atoms with E-state index in [0.717, 1.165) is 5.39 Å². The maximum absolute atomic E-state index is 11.2. The summed E-state index contributed by atoms with van der Waals surface area (Å²) in [6.45, 7) is 0. The fourth-order valence-corrected chi connectivity index (χ4v) is 1.50. The van der Waals surface area contributed by atoms with E-state index in [4.69, 9.17) is 17.3 Å². The molecule has 1 heterocycles. The van der Waals surface area contributed by atoms with Gasteiger partial charge in [0.1, 0.15) is 5.84 Å². The Kier molecular flexibility index (Phi) is 2.92. The van der Waals surface area contributed by atoms with Gasteiger partial charge < -0.3 is 10.7 Å². The number of hydrogen-bond acceptors (Lipinski definition) is 2. The first-order chi connectivity index (χ1) is 7.70. The minimum atomic E-state index is -0.167. The summed E-state index contributed by atoms with van der Waals surface area (Å²) in [5.74, 6) is 0.479. The van der Waals surface area contributed by atoms with Gasteiger partial charge in [-0.1, -0.05) is 12.1 Å². The zero-order valence-corrected chi connectivity index (χ0v) is 9.16. The van der Waals surface area contributed by atoms with Crippen LogP contribution in [0.4, 0.5) is 5.69 Å². The minimum absolute atomic E-state index is 0.160. The second-order valence-electron chi connectivity index (χ2n) is 3.30. The van der Waals surface area contributed by atoms with Crippen molar-refractivity contribution in [3.05, 3.63) is 40.7 Å². The first-order valence-electron chi connectivity index (χ1n) is 4.72. The molecule has 1 aromatic carbocycles. The van der Waals surface area contributed by atoms with Crippen LogP contribution in [0.15, 0.2) is 40.1 Å². The van der Waals surface area contributed by atoms with Gasteiger partial charge in [-0.15, -0.1) is 11.6 Å². The Morgan fingerprint density at radius 2 is 2.19 bits per heavy atom. The number of nitrogens with zero attached hydrogens (tertiary/aromatic N) is 1. The molecule has 0 spiro atoms. The van der Waals surface area contributed by atoms with Crippen LogP contribution < -0.4 is 11.3 Å². The van der Waals surface area contributed by atoms with Crippen LogP contribution in [-0.2, 0) is 0 Å². The maximum Gasteiger partial charge on any atom is 0.248 e. The number of H-pyrrole nitrogens is 1. The van der Waals surface area contributed by atoms with Crippen molar-refractivity contribution in [2.75, 3.05) is 5.88 Å². The molecule has 0 unspecified atom stereocenters. The van der Waals surface area contributed by atoms with E-state index >= 15 is 0 Å². The summed E-state index contributed by atoms with van der Waals surface area (Å²) in [6.07, 6.45) is 0. The number of fused-ring (bicyclic) bond motifs is 1. The molecule has 5 heteroatoms. The van der Waals surface area contributed by atoms with Gasteiger partial charge in [-0.2, -0.15) is 0 Å². The number of para-hydroxylation sites is 1. The number of hydrogen-bond donors (Lipinski definition) is 2. The summed E-state index contributed by atoms with van der Waals surface area (Å²) in [4.78, 5) is 18.1. The normalized spacial score (nSPS) is 11.9. The Hall–Kier alpha value is -1.81. The second kappa shape index (κ2) is 4.37. The van der Waals surface area contributed by atoms with Crippen molar-refractivity contribution in [1.82, 2.24) is 4.98 Å². The van der Waals surface area contributed by atoms with Crippen molar-refractivity contribution in [3.63, 3.8) is 0 Å². The Bertz CT molecular complexity index is 603. The van der Waals surface area contributed by atoms with Gasteiger partial charge in [-0.05, 0) is 12.1 Å². The van der Waals surface area contributed by atoms with Crippen molar-refractivity contribution in [2.24, 2.45) is 10.7 Å². The van der Waals surface area contributed by atoms with Crippen LogP contribution in [0.1, 0.15) is 0 Å². The fourth-order valence-electron chi connectivity index (χ4n) is 1.44. The molecule has 0 bridgehead atoms. The smallest absolute Gasteiger partial charge is 0.248 e. The van der Waals surface area contributed by atoms with Crippen LogP contribution in [-0.4, -0.2) is 16.7 Å². The first-order valence-corrected chi connectivity index (χ1v) is 5.25. The average Bonchev–Trinajstić information content (AvgIpc) is 2.29. The molecule has 0 radical (unpaired) electrons. The Balaban J connectivity index is 2.70. The maximum atomic E-state index is 11.2. The van der Waals surface area contributed by atoms with Gasteiger partial charge in [0.25, 0.3) is 0 Å². The van der Waals surface area contributed by atoms with Crippen molar-refractivity contribution in [2.45, 2.75) is 0 Å². The van der Waals surface area contributed by atoms with Gasteiger partial charge in [-0.25, -0.2) is 4.99 Å². The fraction of sp³-hybridized carbons (Fsp3) is 0.0909. The monoisotopic (exact) mass is 235 g/mol. The Labute approximate surface area is 96.8 Å². The quantitative estimate of drug-likeness (QED) is 0.473. The average molecular weight is 236 g/mol. The van der Waals surface area contributed by atoms with Crippen LogP contribution in [0.25, 0.3) is 10.9 Å². The van der Waals surface area contributed by atoms with Crippen molar-refractivity contribution in [3.8, 4) is 0 Å². The molecule has 0 aliphatic carbocycles. The minimum Gasteiger partial charge on any atom is -0.386 e. The highest BCUT2D eigenvalue weighted by Gasteiger charge is 2.01. The molecule has 0 fully saturated rings. The van der Waals surface area contributed by atoms with Gasteiger partial charge >= 0.3 is 0 Å². The zero-order valence-electron chi connectivity index (χ0n) is 8.40. The largest absolute Gasteiger partial charge is 0.386 e. The van der Waals surface area contributed by atoms with Crippen molar-refractivity contribution >= 4 is 34.0 Å². The van der Waals surface area contributed by atoms with Gasteiger partial charge in [-0.3, -0.25) is 4.79 Å². The molecule has 4 nitrogen and oxygen atoms in total. The van der Waals surface area contributed by atoms with Gasteiger partial charge in [0.2, 0.25) is 5.56 Å². The molecule has 0 saturated heterocycles. The van der Waals surface area contributed by atoms with Crippen molar-refractivity contribution < 1.29 is 0 Å². The van der Waals surface area contributed by atoms with E-state index in [1.54, 1.807) is 12.1 Å². The topological polar surface area (TPSA) is 71.2 Å². The molecule has 82 valence electrons.